The number of hydrogen-bond donors (Lipinski definition) is 2. The second-order valence-corrected chi connectivity index (χ2v) is 4.10. The fourth-order valence-electron chi connectivity index (χ4n) is 1.71. The van der Waals surface area contributed by atoms with Crippen LogP contribution in [0.3, 0.4) is 0 Å². The lowest BCUT2D eigenvalue weighted by Crippen LogP contribution is -2.21. The van der Waals surface area contributed by atoms with Gasteiger partial charge in [0.1, 0.15) is 13.2 Å². The van der Waals surface area contributed by atoms with Gasteiger partial charge in [-0.05, 0) is 6.07 Å². The fraction of sp³-hybridized carbons (Fsp3) is 0.364. The number of carboxylic acid groups (broad SMARTS) is 1. The number of halogens is 1. The van der Waals surface area contributed by atoms with E-state index in [0.29, 0.717) is 35.3 Å². The molecule has 0 spiro atoms. The van der Waals surface area contributed by atoms with Gasteiger partial charge in [-0.25, -0.2) is 0 Å². The Labute approximate surface area is 103 Å². The second-order valence-electron chi connectivity index (χ2n) is 3.70. The van der Waals surface area contributed by atoms with Crippen molar-refractivity contribution in [2.24, 2.45) is 5.73 Å². The normalized spacial score (nSPS) is 15.4. The molecule has 1 unspecified atom stereocenters. The Morgan fingerprint density at radius 1 is 1.41 bits per heavy atom. The summed E-state index contributed by atoms with van der Waals surface area (Å²) in [5, 5.41) is 9.16. The first-order valence-electron chi connectivity index (χ1n) is 5.15. The van der Waals surface area contributed by atoms with Crippen LogP contribution in [-0.4, -0.2) is 24.3 Å². The van der Waals surface area contributed by atoms with Crippen molar-refractivity contribution in [2.45, 2.75) is 12.5 Å². The molecular formula is C11H12ClNO4. The summed E-state index contributed by atoms with van der Waals surface area (Å²) in [4.78, 5) is 10.6. The minimum Gasteiger partial charge on any atom is -0.486 e. The average molecular weight is 258 g/mol. The van der Waals surface area contributed by atoms with Crippen LogP contribution in [0.2, 0.25) is 5.02 Å². The molecule has 1 aliphatic heterocycles. The third-order valence-electron chi connectivity index (χ3n) is 2.46. The first kappa shape index (κ1) is 12.0. The second kappa shape index (κ2) is 4.81. The molecule has 3 N–H and O–H groups in total. The molecule has 0 fully saturated rings. The zero-order valence-corrected chi connectivity index (χ0v) is 9.74. The highest BCUT2D eigenvalue weighted by Crippen LogP contribution is 2.42. The van der Waals surface area contributed by atoms with Crippen LogP contribution in [0.25, 0.3) is 0 Å². The predicted octanol–water partition coefficient (Wildman–Crippen LogP) is 1.59. The summed E-state index contributed by atoms with van der Waals surface area (Å²) in [6, 6.07) is 2.66. The molecule has 92 valence electrons. The van der Waals surface area contributed by atoms with Crippen LogP contribution in [0, 0.1) is 0 Å². The average Bonchev–Trinajstić information content (AvgIpc) is 2.29. The predicted molar refractivity (Wildman–Crippen MR) is 61.6 cm³/mol. The van der Waals surface area contributed by atoms with Gasteiger partial charge in [-0.15, -0.1) is 0 Å². The standard InChI is InChI=1S/C11H12ClNO4/c12-7-2-1-6(8(13)5-9(14)15)10-11(7)17-4-3-16-10/h1-2,8H,3-5,13H2,(H,14,15). The topological polar surface area (TPSA) is 81.8 Å². The molecule has 0 saturated heterocycles. The molecule has 5 nitrogen and oxygen atoms in total. The highest BCUT2D eigenvalue weighted by Gasteiger charge is 2.23. The van der Waals surface area contributed by atoms with Crippen molar-refractivity contribution in [1.82, 2.24) is 0 Å². The minimum absolute atomic E-state index is 0.169. The fourth-order valence-corrected chi connectivity index (χ4v) is 1.92. The van der Waals surface area contributed by atoms with Gasteiger partial charge in [-0.1, -0.05) is 17.7 Å². The lowest BCUT2D eigenvalue weighted by atomic mass is 10.0. The molecule has 2 rings (SSSR count). The van der Waals surface area contributed by atoms with E-state index in [-0.39, 0.29) is 6.42 Å². The van der Waals surface area contributed by atoms with Gasteiger partial charge in [-0.2, -0.15) is 0 Å². The zero-order chi connectivity index (χ0) is 12.4. The van der Waals surface area contributed by atoms with E-state index in [1.165, 1.54) is 0 Å². The van der Waals surface area contributed by atoms with E-state index in [0.717, 1.165) is 0 Å². The maximum absolute atomic E-state index is 10.6. The van der Waals surface area contributed by atoms with E-state index in [4.69, 9.17) is 31.9 Å². The van der Waals surface area contributed by atoms with Gasteiger partial charge in [-0.3, -0.25) is 4.79 Å². The van der Waals surface area contributed by atoms with Gasteiger partial charge in [0.05, 0.1) is 11.4 Å². The number of ether oxygens (including phenoxy) is 2. The molecule has 6 heteroatoms. The van der Waals surface area contributed by atoms with Crippen LogP contribution in [0.15, 0.2) is 12.1 Å². The lowest BCUT2D eigenvalue weighted by molar-refractivity contribution is -0.137. The third kappa shape index (κ3) is 2.45. The van der Waals surface area contributed by atoms with E-state index in [2.05, 4.69) is 0 Å². The number of aliphatic carboxylic acids is 1. The molecule has 17 heavy (non-hydrogen) atoms. The Hall–Kier alpha value is -1.46. The van der Waals surface area contributed by atoms with Crippen LogP contribution in [-0.2, 0) is 4.79 Å². The molecule has 0 bridgehead atoms. The monoisotopic (exact) mass is 257 g/mol. The third-order valence-corrected chi connectivity index (χ3v) is 2.76. The Bertz CT molecular complexity index is 449. The number of nitrogens with two attached hydrogens (primary N) is 1. The van der Waals surface area contributed by atoms with E-state index < -0.39 is 12.0 Å². The van der Waals surface area contributed by atoms with Crippen LogP contribution >= 0.6 is 11.6 Å². The van der Waals surface area contributed by atoms with Crippen molar-refractivity contribution in [1.29, 1.82) is 0 Å². The van der Waals surface area contributed by atoms with E-state index in [1.54, 1.807) is 12.1 Å². The lowest BCUT2D eigenvalue weighted by Gasteiger charge is -2.23. The molecule has 0 radical (unpaired) electrons. The van der Waals surface area contributed by atoms with Crippen molar-refractivity contribution in [3.05, 3.63) is 22.7 Å². The van der Waals surface area contributed by atoms with Crippen LogP contribution in [0.5, 0.6) is 11.5 Å². The van der Waals surface area contributed by atoms with Gasteiger partial charge < -0.3 is 20.3 Å². The highest BCUT2D eigenvalue weighted by atomic mass is 35.5. The Balaban J connectivity index is 2.37. The number of fused-ring (bicyclic) bond motifs is 1. The quantitative estimate of drug-likeness (QED) is 0.859. The van der Waals surface area contributed by atoms with Crippen LogP contribution in [0.1, 0.15) is 18.0 Å². The Morgan fingerprint density at radius 3 is 2.71 bits per heavy atom. The smallest absolute Gasteiger partial charge is 0.305 e. The maximum atomic E-state index is 10.6. The summed E-state index contributed by atoms with van der Waals surface area (Å²) in [5.74, 6) is -0.0633. The molecule has 1 atom stereocenters. The zero-order valence-electron chi connectivity index (χ0n) is 8.98. The van der Waals surface area contributed by atoms with Gasteiger partial charge in [0, 0.05) is 11.6 Å². The first-order valence-corrected chi connectivity index (χ1v) is 5.52. The molecule has 1 heterocycles. The SMILES string of the molecule is NC(CC(=O)O)c1ccc(Cl)c2c1OCCO2. The largest absolute Gasteiger partial charge is 0.486 e. The molecule has 0 amide bonds. The Morgan fingerprint density at radius 2 is 2.06 bits per heavy atom. The van der Waals surface area contributed by atoms with E-state index >= 15 is 0 Å². The number of hydrogen-bond acceptors (Lipinski definition) is 4. The molecule has 0 aliphatic carbocycles. The molecule has 0 saturated carbocycles. The summed E-state index contributed by atoms with van der Waals surface area (Å²) >= 11 is 5.96. The summed E-state index contributed by atoms with van der Waals surface area (Å²) < 4.78 is 10.8. The van der Waals surface area contributed by atoms with Crippen molar-refractivity contribution in [3.8, 4) is 11.5 Å². The maximum Gasteiger partial charge on any atom is 0.305 e. The highest BCUT2D eigenvalue weighted by molar-refractivity contribution is 6.32. The number of benzene rings is 1. The summed E-state index contributed by atoms with van der Waals surface area (Å²) in [7, 11) is 0. The molecular weight excluding hydrogens is 246 g/mol. The van der Waals surface area contributed by atoms with Crippen molar-refractivity contribution in [3.63, 3.8) is 0 Å². The van der Waals surface area contributed by atoms with Gasteiger partial charge >= 0.3 is 5.97 Å². The number of carbonyl (C=O) groups is 1. The minimum atomic E-state index is -0.960. The molecule has 1 aromatic rings. The van der Waals surface area contributed by atoms with Crippen LogP contribution in [0.4, 0.5) is 0 Å². The van der Waals surface area contributed by atoms with Gasteiger partial charge in [0.25, 0.3) is 0 Å². The van der Waals surface area contributed by atoms with Crippen molar-refractivity contribution < 1.29 is 19.4 Å². The van der Waals surface area contributed by atoms with Gasteiger partial charge in [0.15, 0.2) is 11.5 Å². The molecule has 1 aromatic carbocycles. The van der Waals surface area contributed by atoms with Crippen molar-refractivity contribution >= 4 is 17.6 Å². The first-order chi connectivity index (χ1) is 8.09. The summed E-state index contributed by atoms with van der Waals surface area (Å²) in [6.07, 6.45) is -0.169. The van der Waals surface area contributed by atoms with E-state index in [1.807, 2.05) is 0 Å². The van der Waals surface area contributed by atoms with Crippen molar-refractivity contribution in [2.75, 3.05) is 13.2 Å². The van der Waals surface area contributed by atoms with E-state index in [9.17, 15) is 4.79 Å². The Kier molecular flexibility index (Phi) is 3.40. The summed E-state index contributed by atoms with van der Waals surface area (Å²) in [5.41, 5.74) is 6.41. The number of rotatable bonds is 3. The molecule has 0 aromatic heterocycles. The van der Waals surface area contributed by atoms with Crippen LogP contribution < -0.4 is 15.2 Å². The summed E-state index contributed by atoms with van der Waals surface area (Å²) in [6.45, 7) is 0.824. The molecule has 1 aliphatic rings. The van der Waals surface area contributed by atoms with Gasteiger partial charge in [0.2, 0.25) is 0 Å². The number of carboxylic acids is 1.